The van der Waals surface area contributed by atoms with Crippen molar-refractivity contribution in [3.05, 3.63) is 29.8 Å². The van der Waals surface area contributed by atoms with E-state index >= 15 is 0 Å². The minimum absolute atomic E-state index is 0. The van der Waals surface area contributed by atoms with Gasteiger partial charge in [-0.3, -0.25) is 4.79 Å². The van der Waals surface area contributed by atoms with Gasteiger partial charge in [-0.1, -0.05) is 18.2 Å². The number of hydrogen-bond acceptors (Lipinski definition) is 4. The molecule has 1 aromatic carbocycles. The van der Waals surface area contributed by atoms with Gasteiger partial charge in [-0.05, 0) is 18.6 Å². The van der Waals surface area contributed by atoms with Crippen molar-refractivity contribution in [3.8, 4) is 5.75 Å². The van der Waals surface area contributed by atoms with Crippen LogP contribution in [0.15, 0.2) is 24.3 Å². The third kappa shape index (κ3) is 4.63. The number of esters is 1. The van der Waals surface area contributed by atoms with Gasteiger partial charge in [0.05, 0.1) is 13.7 Å². The zero-order chi connectivity index (χ0) is 12.0. The van der Waals surface area contributed by atoms with Crippen LogP contribution in [0.4, 0.5) is 0 Å². The molecule has 0 radical (unpaired) electrons. The summed E-state index contributed by atoms with van der Waals surface area (Å²) in [5.74, 6) is 0.357. The van der Waals surface area contributed by atoms with Gasteiger partial charge in [0.1, 0.15) is 11.8 Å². The molecule has 1 rings (SSSR count). The van der Waals surface area contributed by atoms with E-state index in [4.69, 9.17) is 15.2 Å². The van der Waals surface area contributed by atoms with E-state index in [-0.39, 0.29) is 18.4 Å². The van der Waals surface area contributed by atoms with Crippen molar-refractivity contribution in [2.24, 2.45) is 5.73 Å². The minimum atomic E-state index is -0.642. The van der Waals surface area contributed by atoms with E-state index in [0.29, 0.717) is 13.0 Å². The quantitative estimate of drug-likeness (QED) is 0.815. The van der Waals surface area contributed by atoms with Gasteiger partial charge in [0.15, 0.2) is 0 Å². The molecule has 0 saturated carbocycles. The summed E-state index contributed by atoms with van der Waals surface area (Å²) in [5, 5.41) is 0. The van der Waals surface area contributed by atoms with Gasteiger partial charge in [-0.2, -0.15) is 0 Å². The van der Waals surface area contributed by atoms with Crippen molar-refractivity contribution in [2.45, 2.75) is 19.4 Å². The average molecular weight is 260 g/mol. The molecular weight excluding hydrogens is 242 g/mol. The molecule has 0 heterocycles. The normalized spacial score (nSPS) is 11.2. The molecule has 0 saturated heterocycles. The molecule has 0 fully saturated rings. The fourth-order valence-corrected chi connectivity index (χ4v) is 1.44. The van der Waals surface area contributed by atoms with Gasteiger partial charge in [0.2, 0.25) is 0 Å². The summed E-state index contributed by atoms with van der Waals surface area (Å²) in [6.07, 6.45) is 0.419. The van der Waals surface area contributed by atoms with Gasteiger partial charge in [-0.25, -0.2) is 0 Å². The molecule has 17 heavy (non-hydrogen) atoms. The third-order valence-electron chi connectivity index (χ3n) is 2.22. The lowest BCUT2D eigenvalue weighted by molar-refractivity contribution is -0.144. The summed E-state index contributed by atoms with van der Waals surface area (Å²) >= 11 is 0. The van der Waals surface area contributed by atoms with E-state index in [1.807, 2.05) is 24.3 Å². The van der Waals surface area contributed by atoms with Crippen LogP contribution in [-0.4, -0.2) is 25.7 Å². The maximum Gasteiger partial charge on any atom is 0.323 e. The Morgan fingerprint density at radius 2 is 2.06 bits per heavy atom. The SMILES string of the molecule is CCOC(=O)C(N)Cc1ccccc1OC.Cl. The van der Waals surface area contributed by atoms with Gasteiger partial charge >= 0.3 is 5.97 Å². The number of carbonyl (C=O) groups is 1. The Bertz CT molecular complexity index is 357. The van der Waals surface area contributed by atoms with Crippen molar-refractivity contribution in [2.75, 3.05) is 13.7 Å². The first kappa shape index (κ1) is 15.7. The van der Waals surface area contributed by atoms with E-state index < -0.39 is 6.04 Å². The first-order valence-electron chi connectivity index (χ1n) is 5.23. The Hall–Kier alpha value is -1.26. The summed E-state index contributed by atoms with van der Waals surface area (Å²) in [6.45, 7) is 2.10. The molecule has 1 unspecified atom stereocenters. The number of para-hydroxylation sites is 1. The summed E-state index contributed by atoms with van der Waals surface area (Å²) < 4.78 is 10.0. The molecule has 0 aromatic heterocycles. The lowest BCUT2D eigenvalue weighted by Gasteiger charge is -2.12. The highest BCUT2D eigenvalue weighted by Gasteiger charge is 2.16. The van der Waals surface area contributed by atoms with Gasteiger partial charge in [-0.15, -0.1) is 12.4 Å². The predicted molar refractivity (Wildman–Crippen MR) is 68.6 cm³/mol. The zero-order valence-corrected chi connectivity index (χ0v) is 10.8. The van der Waals surface area contributed by atoms with Crippen LogP contribution in [0, 0.1) is 0 Å². The zero-order valence-electron chi connectivity index (χ0n) is 10.0. The lowest BCUT2D eigenvalue weighted by Crippen LogP contribution is -2.34. The molecule has 0 aliphatic carbocycles. The van der Waals surface area contributed by atoms with Crippen molar-refractivity contribution >= 4 is 18.4 Å². The molecule has 1 aromatic rings. The number of nitrogens with two attached hydrogens (primary N) is 1. The number of methoxy groups -OCH3 is 1. The Morgan fingerprint density at radius 1 is 1.41 bits per heavy atom. The van der Waals surface area contributed by atoms with Crippen LogP contribution in [-0.2, 0) is 16.0 Å². The van der Waals surface area contributed by atoms with Crippen LogP contribution in [0.1, 0.15) is 12.5 Å². The van der Waals surface area contributed by atoms with Crippen LogP contribution in [0.25, 0.3) is 0 Å². The maximum absolute atomic E-state index is 11.4. The van der Waals surface area contributed by atoms with E-state index in [2.05, 4.69) is 0 Å². The number of rotatable bonds is 5. The van der Waals surface area contributed by atoms with Crippen LogP contribution in [0.5, 0.6) is 5.75 Å². The van der Waals surface area contributed by atoms with Crippen molar-refractivity contribution < 1.29 is 14.3 Å². The first-order chi connectivity index (χ1) is 7.69. The molecule has 0 bridgehead atoms. The maximum atomic E-state index is 11.4. The molecule has 0 aliphatic rings. The van der Waals surface area contributed by atoms with E-state index in [1.54, 1.807) is 14.0 Å². The highest BCUT2D eigenvalue weighted by Crippen LogP contribution is 2.18. The number of hydrogen-bond donors (Lipinski definition) is 1. The van der Waals surface area contributed by atoms with Crippen molar-refractivity contribution in [1.29, 1.82) is 0 Å². The summed E-state index contributed by atoms with van der Waals surface area (Å²) in [5.41, 5.74) is 6.64. The average Bonchev–Trinajstić information content (AvgIpc) is 2.30. The topological polar surface area (TPSA) is 61.5 Å². The Morgan fingerprint density at radius 3 is 2.65 bits per heavy atom. The minimum Gasteiger partial charge on any atom is -0.496 e. The summed E-state index contributed by atoms with van der Waals surface area (Å²) in [7, 11) is 1.59. The smallest absolute Gasteiger partial charge is 0.323 e. The molecule has 4 nitrogen and oxygen atoms in total. The molecule has 0 spiro atoms. The molecule has 1 atom stereocenters. The van der Waals surface area contributed by atoms with E-state index in [9.17, 15) is 4.79 Å². The number of carbonyl (C=O) groups excluding carboxylic acids is 1. The fraction of sp³-hybridized carbons (Fsp3) is 0.417. The largest absolute Gasteiger partial charge is 0.496 e. The van der Waals surface area contributed by atoms with Gasteiger partial charge in [0.25, 0.3) is 0 Å². The standard InChI is InChI=1S/C12H17NO3.ClH/c1-3-16-12(14)10(13)8-9-6-4-5-7-11(9)15-2;/h4-7,10H,3,8,13H2,1-2H3;1H. The molecule has 96 valence electrons. The van der Waals surface area contributed by atoms with Crippen LogP contribution >= 0.6 is 12.4 Å². The van der Waals surface area contributed by atoms with E-state index in [1.165, 1.54) is 0 Å². The highest BCUT2D eigenvalue weighted by molar-refractivity contribution is 5.85. The third-order valence-corrected chi connectivity index (χ3v) is 2.22. The van der Waals surface area contributed by atoms with Crippen LogP contribution in [0.2, 0.25) is 0 Å². The van der Waals surface area contributed by atoms with Gasteiger partial charge in [0, 0.05) is 6.42 Å². The monoisotopic (exact) mass is 259 g/mol. The second kappa shape index (κ2) is 7.92. The Balaban J connectivity index is 0.00000256. The molecular formula is C12H18ClNO3. The van der Waals surface area contributed by atoms with Gasteiger partial charge < -0.3 is 15.2 Å². The number of halogens is 1. The van der Waals surface area contributed by atoms with Crippen molar-refractivity contribution in [3.63, 3.8) is 0 Å². The molecule has 0 amide bonds. The number of ether oxygens (including phenoxy) is 2. The first-order valence-corrected chi connectivity index (χ1v) is 5.23. The number of benzene rings is 1. The second-order valence-corrected chi connectivity index (χ2v) is 3.37. The highest BCUT2D eigenvalue weighted by atomic mass is 35.5. The van der Waals surface area contributed by atoms with Crippen LogP contribution < -0.4 is 10.5 Å². The summed E-state index contributed by atoms with van der Waals surface area (Å²) in [6, 6.07) is 6.84. The summed E-state index contributed by atoms with van der Waals surface area (Å²) in [4.78, 5) is 11.4. The second-order valence-electron chi connectivity index (χ2n) is 3.37. The van der Waals surface area contributed by atoms with E-state index in [0.717, 1.165) is 11.3 Å². The molecule has 0 aliphatic heterocycles. The predicted octanol–water partition coefficient (Wildman–Crippen LogP) is 1.55. The van der Waals surface area contributed by atoms with Crippen molar-refractivity contribution in [1.82, 2.24) is 0 Å². The van der Waals surface area contributed by atoms with Crippen LogP contribution in [0.3, 0.4) is 0 Å². The molecule has 2 N–H and O–H groups in total. The Kier molecular flexibility index (Phi) is 7.34. The lowest BCUT2D eigenvalue weighted by atomic mass is 10.1. The Labute approximate surface area is 108 Å². The molecule has 5 heteroatoms. The fourth-order valence-electron chi connectivity index (χ4n) is 1.44.